The minimum absolute atomic E-state index is 0.00270. The van der Waals surface area contributed by atoms with E-state index >= 15 is 0 Å². The molecule has 0 fully saturated rings. The molecule has 0 aliphatic rings. The van der Waals surface area contributed by atoms with Gasteiger partial charge in [-0.15, -0.1) is 0 Å². The summed E-state index contributed by atoms with van der Waals surface area (Å²) < 4.78 is 47.4. The van der Waals surface area contributed by atoms with Crippen LogP contribution in [0.4, 0.5) is 13.2 Å². The molecule has 0 saturated carbocycles. The van der Waals surface area contributed by atoms with Crippen molar-refractivity contribution < 1.29 is 22.0 Å². The van der Waals surface area contributed by atoms with E-state index in [0.29, 0.717) is 6.04 Å². The summed E-state index contributed by atoms with van der Waals surface area (Å²) in [6, 6.07) is 0.650. The molecule has 0 aromatic carbocycles. The van der Waals surface area contributed by atoms with Gasteiger partial charge in [-0.2, -0.15) is 13.2 Å². The molecule has 0 spiro atoms. The van der Waals surface area contributed by atoms with Crippen LogP contribution in [0, 0.1) is 0 Å². The molecule has 0 aliphatic carbocycles. The monoisotopic (exact) mass is 286 g/mol. The van der Waals surface area contributed by atoms with E-state index in [-0.39, 0.29) is 6.04 Å². The van der Waals surface area contributed by atoms with Gasteiger partial charge in [0.2, 0.25) is 0 Å². The molecule has 0 aromatic heterocycles. The van der Waals surface area contributed by atoms with Gasteiger partial charge in [0.25, 0.3) is 0 Å². The Morgan fingerprint density at radius 2 is 1.44 bits per heavy atom. The van der Waals surface area contributed by atoms with Crippen molar-refractivity contribution in [1.29, 1.82) is 0 Å². The highest BCUT2D eigenvalue weighted by Crippen LogP contribution is 2.30. The number of alkyl halides is 3. The molecule has 0 radical (unpaired) electrons. The summed E-state index contributed by atoms with van der Waals surface area (Å²) in [5.74, 6) is 0. The molecular formula is C12H25F3O2Si. The van der Waals surface area contributed by atoms with Crippen LogP contribution in [0.1, 0.15) is 45.4 Å². The maximum atomic E-state index is 12.3. The average Bonchev–Trinajstić information content (AvgIpc) is 2.32. The predicted molar refractivity (Wildman–Crippen MR) is 68.8 cm³/mol. The first-order valence-corrected chi connectivity index (χ1v) is 8.79. The topological polar surface area (TPSA) is 18.5 Å². The Labute approximate surface area is 109 Å². The Balaban J connectivity index is 4.09. The first-order chi connectivity index (χ1) is 8.39. The largest absolute Gasteiger partial charge is 0.398 e. The molecule has 0 saturated heterocycles. The summed E-state index contributed by atoms with van der Waals surface area (Å²) in [6.07, 6.45) is 0.469. The van der Waals surface area contributed by atoms with Gasteiger partial charge in [0.1, 0.15) is 0 Å². The molecule has 0 bridgehead atoms. The van der Waals surface area contributed by atoms with Crippen LogP contribution in [0.3, 0.4) is 0 Å². The Kier molecular flexibility index (Phi) is 8.89. The fourth-order valence-corrected chi connectivity index (χ4v) is 4.63. The van der Waals surface area contributed by atoms with Crippen molar-refractivity contribution in [3.05, 3.63) is 0 Å². The van der Waals surface area contributed by atoms with Gasteiger partial charge in [0.15, 0.2) is 0 Å². The highest BCUT2D eigenvalue weighted by atomic mass is 28.4. The SMILES string of the molecule is CCCCCCC[Si](CCC(F)(F)F)(OC)OC. The predicted octanol–water partition coefficient (Wildman–Crippen LogP) is 4.64. The van der Waals surface area contributed by atoms with Crippen molar-refractivity contribution >= 4 is 8.56 Å². The van der Waals surface area contributed by atoms with E-state index in [0.717, 1.165) is 25.7 Å². The van der Waals surface area contributed by atoms with Crippen LogP contribution in [0.5, 0.6) is 0 Å². The van der Waals surface area contributed by atoms with Crippen molar-refractivity contribution in [1.82, 2.24) is 0 Å². The Morgan fingerprint density at radius 1 is 0.889 bits per heavy atom. The highest BCUT2D eigenvalue weighted by molar-refractivity contribution is 6.67. The molecule has 0 aliphatic heterocycles. The Morgan fingerprint density at radius 3 is 1.89 bits per heavy atom. The Bertz CT molecular complexity index is 206. The van der Waals surface area contributed by atoms with Crippen LogP contribution in [-0.4, -0.2) is 29.0 Å². The van der Waals surface area contributed by atoms with Gasteiger partial charge in [-0.1, -0.05) is 39.0 Å². The maximum Gasteiger partial charge on any atom is 0.389 e. The molecule has 0 rings (SSSR count). The van der Waals surface area contributed by atoms with Crippen molar-refractivity contribution in [2.45, 2.75) is 63.7 Å². The third kappa shape index (κ3) is 8.10. The normalized spacial score (nSPS) is 13.0. The van der Waals surface area contributed by atoms with Crippen LogP contribution in [0.25, 0.3) is 0 Å². The molecule has 0 amide bonds. The summed E-state index contributed by atoms with van der Waals surface area (Å²) >= 11 is 0. The van der Waals surface area contributed by atoms with Gasteiger partial charge in [-0.05, 0) is 12.1 Å². The number of halogens is 3. The van der Waals surface area contributed by atoms with Crippen LogP contribution >= 0.6 is 0 Å². The van der Waals surface area contributed by atoms with Crippen LogP contribution < -0.4 is 0 Å². The highest BCUT2D eigenvalue weighted by Gasteiger charge is 2.39. The number of rotatable bonds is 10. The zero-order valence-electron chi connectivity index (χ0n) is 11.6. The summed E-state index contributed by atoms with van der Waals surface area (Å²) in [5, 5.41) is 0. The molecule has 6 heteroatoms. The third-order valence-corrected chi connectivity index (χ3v) is 6.81. The molecule has 0 N–H and O–H groups in total. The van der Waals surface area contributed by atoms with Crippen molar-refractivity contribution in [3.63, 3.8) is 0 Å². The first kappa shape index (κ1) is 17.9. The second-order valence-corrected chi connectivity index (χ2v) is 8.24. The number of hydrogen-bond acceptors (Lipinski definition) is 2. The lowest BCUT2D eigenvalue weighted by molar-refractivity contribution is -0.131. The van der Waals surface area contributed by atoms with Gasteiger partial charge in [0, 0.05) is 20.6 Å². The van der Waals surface area contributed by atoms with Gasteiger partial charge < -0.3 is 8.85 Å². The molecule has 0 unspecified atom stereocenters. The molecule has 110 valence electrons. The van der Waals surface area contributed by atoms with Gasteiger partial charge in [-0.25, -0.2) is 0 Å². The van der Waals surface area contributed by atoms with Gasteiger partial charge in [0.05, 0.1) is 0 Å². The van der Waals surface area contributed by atoms with E-state index in [2.05, 4.69) is 6.92 Å². The minimum atomic E-state index is -4.13. The molecule has 2 nitrogen and oxygen atoms in total. The molecule has 0 heterocycles. The van der Waals surface area contributed by atoms with E-state index in [1.165, 1.54) is 20.6 Å². The summed E-state index contributed by atoms with van der Waals surface area (Å²) in [7, 11) is 0.307. The van der Waals surface area contributed by atoms with Crippen LogP contribution in [0.2, 0.25) is 12.1 Å². The molecule has 0 aromatic rings. The Hall–Kier alpha value is -0.0731. The van der Waals surface area contributed by atoms with E-state index in [9.17, 15) is 13.2 Å². The van der Waals surface area contributed by atoms with E-state index in [4.69, 9.17) is 8.85 Å². The number of hydrogen-bond donors (Lipinski definition) is 0. The fourth-order valence-electron chi connectivity index (χ4n) is 1.95. The summed E-state index contributed by atoms with van der Waals surface area (Å²) in [6.45, 7) is 2.13. The molecular weight excluding hydrogens is 261 g/mol. The molecule has 0 atom stereocenters. The standard InChI is InChI=1S/C12H25F3O2Si/c1-4-5-6-7-8-10-18(16-2,17-3)11-9-12(13,14)15/h4-11H2,1-3H3. The van der Waals surface area contributed by atoms with Crippen molar-refractivity contribution in [2.24, 2.45) is 0 Å². The maximum absolute atomic E-state index is 12.3. The average molecular weight is 286 g/mol. The lowest BCUT2D eigenvalue weighted by Crippen LogP contribution is -2.40. The van der Waals surface area contributed by atoms with E-state index < -0.39 is 21.2 Å². The van der Waals surface area contributed by atoms with Crippen LogP contribution in [0.15, 0.2) is 0 Å². The van der Waals surface area contributed by atoms with E-state index in [1.807, 2.05) is 0 Å². The second kappa shape index (κ2) is 8.93. The summed E-state index contributed by atoms with van der Waals surface area (Å²) in [4.78, 5) is 0. The van der Waals surface area contributed by atoms with Crippen molar-refractivity contribution in [3.8, 4) is 0 Å². The van der Waals surface area contributed by atoms with Crippen molar-refractivity contribution in [2.75, 3.05) is 14.2 Å². The van der Waals surface area contributed by atoms with Gasteiger partial charge in [-0.3, -0.25) is 0 Å². The quantitative estimate of drug-likeness (QED) is 0.430. The van der Waals surface area contributed by atoms with Gasteiger partial charge >= 0.3 is 14.7 Å². The van der Waals surface area contributed by atoms with E-state index in [1.54, 1.807) is 0 Å². The lowest BCUT2D eigenvalue weighted by Gasteiger charge is -2.27. The first-order valence-electron chi connectivity index (χ1n) is 6.56. The zero-order chi connectivity index (χ0) is 14.1. The summed E-state index contributed by atoms with van der Waals surface area (Å²) in [5.41, 5.74) is 0. The zero-order valence-corrected chi connectivity index (χ0v) is 12.6. The fraction of sp³-hybridized carbons (Fsp3) is 1.00. The number of unbranched alkanes of at least 4 members (excludes halogenated alkanes) is 4. The second-order valence-electron chi connectivity index (χ2n) is 4.60. The lowest BCUT2D eigenvalue weighted by atomic mass is 10.2. The third-order valence-electron chi connectivity index (χ3n) is 3.19. The smallest absolute Gasteiger partial charge is 0.389 e. The van der Waals surface area contributed by atoms with Crippen LogP contribution in [-0.2, 0) is 8.85 Å². The minimum Gasteiger partial charge on any atom is -0.398 e. The molecule has 18 heavy (non-hydrogen) atoms.